The van der Waals surface area contributed by atoms with Crippen molar-refractivity contribution in [2.24, 2.45) is 0 Å². The van der Waals surface area contributed by atoms with Crippen LogP contribution in [0.1, 0.15) is 15.9 Å². The summed E-state index contributed by atoms with van der Waals surface area (Å²) in [6, 6.07) is 3.09. The number of carbonyl (C=O) groups is 3. The summed E-state index contributed by atoms with van der Waals surface area (Å²) in [5, 5.41) is 11.4. The first kappa shape index (κ1) is 14.0. The summed E-state index contributed by atoms with van der Waals surface area (Å²) in [6.07, 6.45) is 0. The van der Waals surface area contributed by atoms with E-state index in [-0.39, 0.29) is 17.7 Å². The fourth-order valence-electron chi connectivity index (χ4n) is 2.04. The van der Waals surface area contributed by atoms with Crippen molar-refractivity contribution in [2.75, 3.05) is 13.1 Å². The van der Waals surface area contributed by atoms with E-state index in [0.717, 1.165) is 4.90 Å². The number of carboxylic acid groups (broad SMARTS) is 1. The Labute approximate surface area is 114 Å². The zero-order valence-corrected chi connectivity index (χ0v) is 10.7. The molecule has 0 radical (unpaired) electrons. The van der Waals surface area contributed by atoms with Crippen LogP contribution >= 0.6 is 0 Å². The Morgan fingerprint density at radius 3 is 2.80 bits per heavy atom. The standard InChI is InChI=1S/C13H13FN2O4/c1-7-3-2-4-8(11(7)14)12(18)16-6-10(17)15-5-9(16)13(19)20/h2-4,9H,5-6H2,1H3,(H,15,17)(H,19,20). The number of nitrogens with one attached hydrogen (secondary N) is 1. The Morgan fingerprint density at radius 1 is 1.45 bits per heavy atom. The minimum atomic E-state index is -1.24. The van der Waals surface area contributed by atoms with Crippen molar-refractivity contribution >= 4 is 17.8 Å². The smallest absolute Gasteiger partial charge is 0.328 e. The van der Waals surface area contributed by atoms with Gasteiger partial charge in [0.25, 0.3) is 5.91 Å². The van der Waals surface area contributed by atoms with E-state index in [0.29, 0.717) is 0 Å². The number of rotatable bonds is 2. The predicted octanol–water partition coefficient (Wildman–Crippen LogP) is 0.159. The van der Waals surface area contributed by atoms with Crippen molar-refractivity contribution in [3.8, 4) is 0 Å². The van der Waals surface area contributed by atoms with Crippen molar-refractivity contribution in [1.29, 1.82) is 0 Å². The van der Waals surface area contributed by atoms with E-state index in [1.807, 2.05) is 0 Å². The van der Waals surface area contributed by atoms with Crippen LogP contribution < -0.4 is 5.32 Å². The van der Waals surface area contributed by atoms with E-state index >= 15 is 0 Å². The lowest BCUT2D eigenvalue weighted by Gasteiger charge is -2.32. The summed E-state index contributed by atoms with van der Waals surface area (Å²) >= 11 is 0. The van der Waals surface area contributed by atoms with Gasteiger partial charge in [0.05, 0.1) is 5.56 Å². The summed E-state index contributed by atoms with van der Waals surface area (Å²) in [7, 11) is 0. The molecule has 20 heavy (non-hydrogen) atoms. The molecule has 1 unspecified atom stereocenters. The highest BCUT2D eigenvalue weighted by Gasteiger charge is 2.36. The maximum absolute atomic E-state index is 13.9. The molecule has 0 aliphatic carbocycles. The molecule has 1 aliphatic rings. The van der Waals surface area contributed by atoms with Gasteiger partial charge in [-0.15, -0.1) is 0 Å². The van der Waals surface area contributed by atoms with E-state index in [9.17, 15) is 18.8 Å². The fraction of sp³-hybridized carbons (Fsp3) is 0.308. The number of amides is 2. The number of nitrogens with zero attached hydrogens (tertiary/aromatic N) is 1. The van der Waals surface area contributed by atoms with Crippen LogP contribution in [0.15, 0.2) is 18.2 Å². The van der Waals surface area contributed by atoms with Gasteiger partial charge < -0.3 is 15.3 Å². The van der Waals surface area contributed by atoms with Gasteiger partial charge in [-0.1, -0.05) is 12.1 Å². The zero-order chi connectivity index (χ0) is 14.9. The third kappa shape index (κ3) is 2.47. The quantitative estimate of drug-likeness (QED) is 0.808. The molecule has 106 valence electrons. The first-order valence-electron chi connectivity index (χ1n) is 5.97. The highest BCUT2D eigenvalue weighted by Crippen LogP contribution is 2.17. The molecule has 0 spiro atoms. The predicted molar refractivity (Wildman–Crippen MR) is 66.6 cm³/mol. The van der Waals surface area contributed by atoms with Crippen molar-refractivity contribution in [2.45, 2.75) is 13.0 Å². The lowest BCUT2D eigenvalue weighted by Crippen LogP contribution is -2.59. The maximum Gasteiger partial charge on any atom is 0.328 e. The lowest BCUT2D eigenvalue weighted by molar-refractivity contribution is -0.144. The Hall–Kier alpha value is -2.44. The highest BCUT2D eigenvalue weighted by atomic mass is 19.1. The Balaban J connectivity index is 2.36. The molecule has 1 aromatic rings. The fourth-order valence-corrected chi connectivity index (χ4v) is 2.04. The van der Waals surface area contributed by atoms with E-state index in [1.54, 1.807) is 0 Å². The number of carbonyl (C=O) groups excluding carboxylic acids is 2. The molecule has 7 heteroatoms. The molecule has 2 amide bonds. The number of halogens is 1. The number of hydrogen-bond donors (Lipinski definition) is 2. The van der Waals surface area contributed by atoms with Gasteiger partial charge in [-0.3, -0.25) is 9.59 Å². The number of carboxylic acids is 1. The minimum absolute atomic E-state index is 0.187. The number of aliphatic carboxylic acids is 1. The summed E-state index contributed by atoms with van der Waals surface area (Å²) in [6.45, 7) is 0.917. The van der Waals surface area contributed by atoms with Crippen LogP contribution in [0.3, 0.4) is 0 Å². The number of benzene rings is 1. The molecule has 1 fully saturated rings. The molecule has 1 aliphatic heterocycles. The third-order valence-corrected chi connectivity index (χ3v) is 3.15. The zero-order valence-electron chi connectivity index (χ0n) is 10.7. The number of piperazine rings is 1. The van der Waals surface area contributed by atoms with Crippen LogP contribution in [-0.4, -0.2) is 46.9 Å². The number of hydrogen-bond acceptors (Lipinski definition) is 3. The summed E-state index contributed by atoms with van der Waals surface area (Å²) in [5.41, 5.74) is 0.0511. The van der Waals surface area contributed by atoms with Crippen LogP contribution in [-0.2, 0) is 9.59 Å². The van der Waals surface area contributed by atoms with Gasteiger partial charge in [-0.25, -0.2) is 9.18 Å². The molecule has 0 bridgehead atoms. The molecule has 0 aromatic heterocycles. The lowest BCUT2D eigenvalue weighted by atomic mass is 10.1. The first-order valence-corrected chi connectivity index (χ1v) is 5.97. The Morgan fingerprint density at radius 2 is 2.15 bits per heavy atom. The van der Waals surface area contributed by atoms with Gasteiger partial charge in [-0.05, 0) is 18.6 Å². The molecule has 1 heterocycles. The molecular formula is C13H13FN2O4. The van der Waals surface area contributed by atoms with Crippen molar-refractivity contribution in [3.05, 3.63) is 35.1 Å². The average Bonchev–Trinajstić information content (AvgIpc) is 2.40. The van der Waals surface area contributed by atoms with Crippen molar-refractivity contribution < 1.29 is 23.9 Å². The molecule has 2 rings (SSSR count). The van der Waals surface area contributed by atoms with Crippen LogP contribution in [0.5, 0.6) is 0 Å². The van der Waals surface area contributed by atoms with Gasteiger partial charge in [0.2, 0.25) is 5.91 Å². The molecule has 1 aromatic carbocycles. The second kappa shape index (κ2) is 5.28. The van der Waals surface area contributed by atoms with E-state index in [2.05, 4.69) is 5.32 Å². The summed E-state index contributed by atoms with van der Waals surface area (Å²) in [5.74, 6) is -3.21. The summed E-state index contributed by atoms with van der Waals surface area (Å²) < 4.78 is 13.9. The van der Waals surface area contributed by atoms with Gasteiger partial charge in [0, 0.05) is 6.54 Å². The van der Waals surface area contributed by atoms with Crippen LogP contribution in [0.4, 0.5) is 4.39 Å². The molecular weight excluding hydrogens is 267 g/mol. The molecule has 6 nitrogen and oxygen atoms in total. The summed E-state index contributed by atoms with van der Waals surface area (Å²) in [4.78, 5) is 35.6. The van der Waals surface area contributed by atoms with Gasteiger partial charge in [-0.2, -0.15) is 0 Å². The SMILES string of the molecule is Cc1cccc(C(=O)N2CC(=O)NCC2C(=O)O)c1F. The highest BCUT2D eigenvalue weighted by molar-refractivity contribution is 6.00. The maximum atomic E-state index is 13.9. The van der Waals surface area contributed by atoms with Gasteiger partial charge >= 0.3 is 5.97 Å². The molecule has 1 atom stereocenters. The Bertz CT molecular complexity index is 588. The van der Waals surface area contributed by atoms with Crippen LogP contribution in [0.2, 0.25) is 0 Å². The third-order valence-electron chi connectivity index (χ3n) is 3.15. The van der Waals surface area contributed by atoms with Crippen molar-refractivity contribution in [1.82, 2.24) is 10.2 Å². The van der Waals surface area contributed by atoms with E-state index in [4.69, 9.17) is 5.11 Å². The van der Waals surface area contributed by atoms with E-state index in [1.165, 1.54) is 25.1 Å². The van der Waals surface area contributed by atoms with Crippen LogP contribution in [0.25, 0.3) is 0 Å². The van der Waals surface area contributed by atoms with E-state index < -0.39 is 36.2 Å². The normalized spacial score (nSPS) is 18.6. The Kier molecular flexibility index (Phi) is 3.69. The second-order valence-electron chi connectivity index (χ2n) is 4.53. The average molecular weight is 280 g/mol. The monoisotopic (exact) mass is 280 g/mol. The van der Waals surface area contributed by atoms with Gasteiger partial charge in [0.15, 0.2) is 0 Å². The van der Waals surface area contributed by atoms with Crippen molar-refractivity contribution in [3.63, 3.8) is 0 Å². The number of aryl methyl sites for hydroxylation is 1. The largest absolute Gasteiger partial charge is 0.480 e. The molecule has 1 saturated heterocycles. The minimum Gasteiger partial charge on any atom is -0.480 e. The topological polar surface area (TPSA) is 86.7 Å². The molecule has 2 N–H and O–H groups in total. The first-order chi connectivity index (χ1) is 9.41. The van der Waals surface area contributed by atoms with Crippen LogP contribution in [0, 0.1) is 12.7 Å². The second-order valence-corrected chi connectivity index (χ2v) is 4.53. The molecule has 0 saturated carbocycles. The van der Waals surface area contributed by atoms with Gasteiger partial charge in [0.1, 0.15) is 18.4 Å².